The summed E-state index contributed by atoms with van der Waals surface area (Å²) in [6.45, 7) is 1.66. The maximum Gasteiger partial charge on any atom is 0.227 e. The van der Waals surface area contributed by atoms with E-state index in [1.807, 2.05) is 0 Å². The van der Waals surface area contributed by atoms with E-state index in [-0.39, 0.29) is 17.5 Å². The van der Waals surface area contributed by atoms with E-state index in [1.165, 1.54) is 18.2 Å². The highest BCUT2D eigenvalue weighted by Gasteiger charge is 2.21. The van der Waals surface area contributed by atoms with Crippen molar-refractivity contribution in [3.8, 4) is 0 Å². The van der Waals surface area contributed by atoms with Crippen LogP contribution in [0.2, 0.25) is 0 Å². The van der Waals surface area contributed by atoms with Crippen LogP contribution in [0.5, 0.6) is 0 Å². The molecule has 1 aliphatic rings. The van der Waals surface area contributed by atoms with Gasteiger partial charge >= 0.3 is 0 Å². The lowest BCUT2D eigenvalue weighted by molar-refractivity contribution is -0.120. The molecule has 0 unspecified atom stereocenters. The topological polar surface area (TPSA) is 95.5 Å². The van der Waals surface area contributed by atoms with Crippen LogP contribution >= 0.6 is 0 Å². The number of halogens is 1. The summed E-state index contributed by atoms with van der Waals surface area (Å²) in [5, 5.41) is 12.0. The molecule has 0 atom stereocenters. The number of benzene rings is 1. The molecule has 3 rings (SSSR count). The third-order valence-electron chi connectivity index (χ3n) is 4.06. The van der Waals surface area contributed by atoms with Crippen molar-refractivity contribution < 1.29 is 9.18 Å². The monoisotopic (exact) mass is 343 g/mol. The molecule has 1 aromatic heterocycles. The third kappa shape index (κ3) is 4.36. The number of anilines is 3. The first-order chi connectivity index (χ1) is 12.2. The molecule has 1 aliphatic heterocycles. The summed E-state index contributed by atoms with van der Waals surface area (Å²) in [5.74, 6) is -0.158. The Balaban J connectivity index is 1.75. The van der Waals surface area contributed by atoms with Crippen LogP contribution in [-0.4, -0.2) is 24.0 Å². The van der Waals surface area contributed by atoms with Gasteiger partial charge in [0.25, 0.3) is 0 Å². The Morgan fingerprint density at radius 1 is 1.24 bits per heavy atom. The third-order valence-corrected chi connectivity index (χ3v) is 4.06. The molecule has 0 saturated carbocycles. The smallest absolute Gasteiger partial charge is 0.227 e. The number of piperidine rings is 1. The second kappa shape index (κ2) is 7.80. The first-order valence-corrected chi connectivity index (χ1v) is 8.03. The van der Waals surface area contributed by atoms with E-state index >= 15 is 0 Å². The number of carbonyl (C=O) groups is 1. The molecule has 1 aromatic carbocycles. The maximum atomic E-state index is 12.9. The lowest BCUT2D eigenvalue weighted by atomic mass is 9.97. The largest absolute Gasteiger partial charge is 0.338 e. The average Bonchev–Trinajstić information content (AvgIpc) is 2.64. The van der Waals surface area contributed by atoms with Gasteiger partial charge in [0, 0.05) is 11.6 Å². The summed E-state index contributed by atoms with van der Waals surface area (Å²) >= 11 is 0. The molecular weight excluding hydrogens is 325 g/mol. The van der Waals surface area contributed by atoms with Gasteiger partial charge in [0.2, 0.25) is 5.91 Å². The van der Waals surface area contributed by atoms with E-state index in [0.717, 1.165) is 32.1 Å². The predicted octanol–water partition coefficient (Wildman–Crippen LogP) is 3.30. The zero-order chi connectivity index (χ0) is 17.6. The van der Waals surface area contributed by atoms with E-state index in [2.05, 4.69) is 26.1 Å². The molecule has 7 nitrogen and oxygen atoms in total. The number of hydrogen-bond donors (Lipinski definition) is 3. The van der Waals surface area contributed by atoms with Crippen molar-refractivity contribution in [2.24, 2.45) is 11.1 Å². The van der Waals surface area contributed by atoms with Crippen molar-refractivity contribution in [2.75, 3.05) is 23.7 Å². The van der Waals surface area contributed by atoms with Crippen molar-refractivity contribution in [1.82, 2.24) is 10.3 Å². The van der Waals surface area contributed by atoms with Crippen molar-refractivity contribution in [2.45, 2.75) is 12.8 Å². The lowest BCUT2D eigenvalue weighted by Gasteiger charge is -2.22. The number of rotatable bonds is 5. The highest BCUT2D eigenvalue weighted by molar-refractivity contribution is 5.94. The fourth-order valence-corrected chi connectivity index (χ4v) is 2.71. The molecule has 0 bridgehead atoms. The van der Waals surface area contributed by atoms with Crippen molar-refractivity contribution in [1.29, 1.82) is 0 Å². The van der Waals surface area contributed by atoms with E-state index in [4.69, 9.17) is 0 Å². The van der Waals surface area contributed by atoms with Crippen LogP contribution in [0.3, 0.4) is 0 Å². The van der Waals surface area contributed by atoms with Gasteiger partial charge in [-0.2, -0.15) is 0 Å². The molecule has 0 aliphatic carbocycles. The van der Waals surface area contributed by atoms with Gasteiger partial charge in [-0.1, -0.05) is 0 Å². The molecule has 8 heteroatoms. The molecule has 0 spiro atoms. The van der Waals surface area contributed by atoms with E-state index in [9.17, 15) is 14.1 Å². The predicted molar refractivity (Wildman–Crippen MR) is 93.6 cm³/mol. The first kappa shape index (κ1) is 17.0. The molecular formula is C17H18FN5O2. The molecule has 1 amide bonds. The van der Waals surface area contributed by atoms with Crippen molar-refractivity contribution in [3.05, 3.63) is 47.3 Å². The standard InChI is InChI=1S/C17H18FN5O2/c18-12-1-4-16(20-10-12)22-15-9-13(2-3-14(15)23-25)21-17(24)11-5-7-19-8-6-11/h1-4,9-11,19H,5-8H2,(H,20,22)(H,21,24). The van der Waals surface area contributed by atoms with E-state index in [0.29, 0.717) is 17.2 Å². The molecule has 25 heavy (non-hydrogen) atoms. The quantitative estimate of drug-likeness (QED) is 0.724. The van der Waals surface area contributed by atoms with Gasteiger partial charge in [-0.25, -0.2) is 9.37 Å². The van der Waals surface area contributed by atoms with Gasteiger partial charge in [-0.15, -0.1) is 4.91 Å². The fourth-order valence-electron chi connectivity index (χ4n) is 2.71. The van der Waals surface area contributed by atoms with Crippen LogP contribution in [0, 0.1) is 16.6 Å². The summed E-state index contributed by atoms with van der Waals surface area (Å²) in [5.41, 5.74) is 1.11. The average molecular weight is 343 g/mol. The van der Waals surface area contributed by atoms with Crippen LogP contribution in [0.1, 0.15) is 12.8 Å². The van der Waals surface area contributed by atoms with Gasteiger partial charge in [0.05, 0.1) is 11.9 Å². The minimum absolute atomic E-state index is 0.0275. The Hall–Kier alpha value is -2.87. The second-order valence-electron chi connectivity index (χ2n) is 5.82. The minimum Gasteiger partial charge on any atom is -0.338 e. The minimum atomic E-state index is -0.456. The zero-order valence-corrected chi connectivity index (χ0v) is 13.5. The summed E-state index contributed by atoms with van der Waals surface area (Å²) in [6.07, 6.45) is 2.66. The van der Waals surface area contributed by atoms with Crippen LogP contribution in [0.15, 0.2) is 41.7 Å². The molecule has 130 valence electrons. The van der Waals surface area contributed by atoms with Gasteiger partial charge in [0.1, 0.15) is 17.3 Å². The number of aromatic nitrogens is 1. The number of nitrogens with zero attached hydrogens (tertiary/aromatic N) is 2. The zero-order valence-electron chi connectivity index (χ0n) is 13.5. The lowest BCUT2D eigenvalue weighted by Crippen LogP contribution is -2.34. The first-order valence-electron chi connectivity index (χ1n) is 8.03. The Labute approximate surface area is 144 Å². The molecule has 2 heterocycles. The van der Waals surface area contributed by atoms with Gasteiger partial charge in [-0.05, 0) is 61.4 Å². The molecule has 1 fully saturated rings. The Morgan fingerprint density at radius 2 is 2.04 bits per heavy atom. The summed E-state index contributed by atoms with van der Waals surface area (Å²) in [6, 6.07) is 7.45. The van der Waals surface area contributed by atoms with E-state index < -0.39 is 5.82 Å². The van der Waals surface area contributed by atoms with Gasteiger partial charge < -0.3 is 16.0 Å². The summed E-state index contributed by atoms with van der Waals surface area (Å²) < 4.78 is 12.9. The second-order valence-corrected chi connectivity index (χ2v) is 5.82. The number of pyridine rings is 1. The number of carbonyl (C=O) groups excluding carboxylic acids is 1. The Bertz CT molecular complexity index is 760. The number of amides is 1. The molecule has 0 radical (unpaired) electrons. The number of nitroso groups, excluding NO2 is 1. The SMILES string of the molecule is O=Nc1ccc(NC(=O)C2CCNCC2)cc1Nc1ccc(F)cn1. The van der Waals surface area contributed by atoms with E-state index in [1.54, 1.807) is 12.1 Å². The van der Waals surface area contributed by atoms with Crippen LogP contribution < -0.4 is 16.0 Å². The maximum absolute atomic E-state index is 12.9. The van der Waals surface area contributed by atoms with Crippen molar-refractivity contribution >= 4 is 28.8 Å². The summed E-state index contributed by atoms with van der Waals surface area (Å²) in [4.78, 5) is 27.2. The number of nitrogens with one attached hydrogen (secondary N) is 3. The highest BCUT2D eigenvalue weighted by Crippen LogP contribution is 2.31. The Morgan fingerprint density at radius 3 is 2.72 bits per heavy atom. The normalized spacial score (nSPS) is 14.8. The fraction of sp³-hybridized carbons (Fsp3) is 0.294. The van der Waals surface area contributed by atoms with Crippen LogP contribution in [0.25, 0.3) is 0 Å². The van der Waals surface area contributed by atoms with Crippen LogP contribution in [0.4, 0.5) is 27.3 Å². The highest BCUT2D eigenvalue weighted by atomic mass is 19.1. The molecule has 2 aromatic rings. The summed E-state index contributed by atoms with van der Waals surface area (Å²) in [7, 11) is 0. The Kier molecular flexibility index (Phi) is 5.30. The van der Waals surface area contributed by atoms with Gasteiger partial charge in [0.15, 0.2) is 0 Å². The van der Waals surface area contributed by atoms with Crippen molar-refractivity contribution in [3.63, 3.8) is 0 Å². The van der Waals surface area contributed by atoms with Gasteiger partial charge in [-0.3, -0.25) is 4.79 Å². The molecule has 3 N–H and O–H groups in total. The number of hydrogen-bond acceptors (Lipinski definition) is 6. The van der Waals surface area contributed by atoms with Crippen LogP contribution in [-0.2, 0) is 4.79 Å². The molecule has 1 saturated heterocycles.